The molecule has 0 saturated carbocycles. The van der Waals surface area contributed by atoms with Crippen LogP contribution >= 0.6 is 0 Å². The number of rotatable bonds is 1. The number of fused-ring (bicyclic) bond motifs is 1. The minimum atomic E-state index is -1.12. The maximum Gasteiger partial charge on any atom is 0.339 e. The normalized spacial score (nSPS) is 9.60. The Labute approximate surface area is 116 Å². The summed E-state index contributed by atoms with van der Waals surface area (Å²) in [6.45, 7) is 0. The van der Waals surface area contributed by atoms with E-state index in [1.165, 1.54) is 12.1 Å². The van der Waals surface area contributed by atoms with E-state index in [0.717, 1.165) is 10.8 Å². The molecule has 0 atom stereocenters. The zero-order valence-corrected chi connectivity index (χ0v) is 10.2. The first-order valence-electron chi connectivity index (χ1n) is 4.13. The zero-order valence-electron chi connectivity index (χ0n) is 7.97. The summed E-state index contributed by atoms with van der Waals surface area (Å²) in [7, 11) is 0. The molecule has 72 valence electrons. The number of benzene rings is 2. The predicted octanol–water partition coefficient (Wildman–Crippen LogP) is 1.86. The average Bonchev–Trinajstić information content (AvgIpc) is 2.16. The Kier molecular flexibility index (Phi) is 3.96. The number of carboxylic acids is 1. The molecule has 0 bridgehead atoms. The van der Waals surface area contributed by atoms with Crippen molar-refractivity contribution in [1.29, 1.82) is 0 Å². The Morgan fingerprint density at radius 1 is 1.07 bits per heavy atom. The van der Waals surface area contributed by atoms with Gasteiger partial charge in [-0.3, -0.25) is 0 Å². The molecule has 0 aromatic heterocycles. The van der Waals surface area contributed by atoms with Crippen molar-refractivity contribution in [2.75, 3.05) is 0 Å². The molecule has 2 rings (SSSR count). The van der Waals surface area contributed by atoms with Crippen LogP contribution in [0, 0.1) is 0 Å². The second kappa shape index (κ2) is 4.84. The van der Waals surface area contributed by atoms with E-state index < -0.39 is 5.97 Å². The zero-order chi connectivity index (χ0) is 10.1. The van der Waals surface area contributed by atoms with E-state index in [-0.39, 0.29) is 49.1 Å². The van der Waals surface area contributed by atoms with E-state index in [1.54, 1.807) is 6.07 Å². The molecule has 3 nitrogen and oxygen atoms in total. The van der Waals surface area contributed by atoms with Gasteiger partial charge in [-0.15, -0.1) is 0 Å². The fourth-order valence-electron chi connectivity index (χ4n) is 1.40. The van der Waals surface area contributed by atoms with Gasteiger partial charge in [-0.05, 0) is 22.9 Å². The first-order chi connectivity index (χ1) is 6.68. The van der Waals surface area contributed by atoms with E-state index >= 15 is 0 Å². The van der Waals surface area contributed by atoms with E-state index in [0.29, 0.717) is 0 Å². The molecule has 0 aliphatic heterocycles. The van der Waals surface area contributed by atoms with Crippen LogP contribution in [0.2, 0.25) is 0 Å². The Morgan fingerprint density at radius 2 is 1.60 bits per heavy atom. The predicted molar refractivity (Wildman–Crippen MR) is 58.3 cm³/mol. The molecule has 0 heterocycles. The van der Waals surface area contributed by atoms with Crippen molar-refractivity contribution in [3.8, 4) is 5.75 Å². The molecule has 0 spiro atoms. The maximum absolute atomic E-state index is 10.7. The molecule has 2 N–H and O–H groups in total. The number of hydrogen-bond donors (Lipinski definition) is 2. The number of aromatic hydroxyl groups is 1. The average molecular weight is 228 g/mol. The van der Waals surface area contributed by atoms with Gasteiger partial charge >= 0.3 is 5.97 Å². The first-order valence-corrected chi connectivity index (χ1v) is 4.13. The van der Waals surface area contributed by atoms with Crippen molar-refractivity contribution in [1.82, 2.24) is 0 Å². The topological polar surface area (TPSA) is 57.5 Å². The van der Waals surface area contributed by atoms with Gasteiger partial charge in [0.05, 0.1) is 0 Å². The van der Waals surface area contributed by atoms with Crippen molar-refractivity contribution < 1.29 is 15.0 Å². The summed E-state index contributed by atoms with van der Waals surface area (Å²) < 4.78 is 0. The third kappa shape index (κ3) is 2.42. The number of hydrogen-bond acceptors (Lipinski definition) is 2. The minimum absolute atomic E-state index is 0. The standard InChI is InChI=1S/C11H8O3.Ca/c12-10-6-8-4-2-1-3-7(8)5-9(10)11(13)14;/h1-6,12H,(H,13,14);. The number of aromatic carboxylic acids is 1. The third-order valence-corrected chi connectivity index (χ3v) is 2.09. The van der Waals surface area contributed by atoms with Crippen molar-refractivity contribution in [3.63, 3.8) is 0 Å². The summed E-state index contributed by atoms with van der Waals surface area (Å²) in [4.78, 5) is 10.7. The summed E-state index contributed by atoms with van der Waals surface area (Å²) in [5.74, 6) is -1.32. The van der Waals surface area contributed by atoms with Crippen LogP contribution in [0.15, 0.2) is 36.4 Å². The van der Waals surface area contributed by atoms with E-state index in [9.17, 15) is 9.90 Å². The fourth-order valence-corrected chi connectivity index (χ4v) is 1.40. The molecular formula is C11H8CaO3. The molecular weight excluding hydrogens is 220 g/mol. The SMILES string of the molecule is O=C(O)c1cc2ccccc2cc1O.[Ca]. The van der Waals surface area contributed by atoms with Gasteiger partial charge in [0.2, 0.25) is 0 Å². The van der Waals surface area contributed by atoms with Crippen LogP contribution in [0.4, 0.5) is 0 Å². The Morgan fingerprint density at radius 3 is 2.13 bits per heavy atom. The van der Waals surface area contributed by atoms with Gasteiger partial charge < -0.3 is 10.2 Å². The van der Waals surface area contributed by atoms with Crippen LogP contribution < -0.4 is 0 Å². The Bertz CT molecular complexity index is 508. The molecule has 2 radical (unpaired) electrons. The molecule has 4 heteroatoms. The van der Waals surface area contributed by atoms with Crippen LogP contribution in [0.5, 0.6) is 5.75 Å². The van der Waals surface area contributed by atoms with Crippen molar-refractivity contribution in [2.45, 2.75) is 0 Å². The molecule has 0 saturated heterocycles. The summed E-state index contributed by atoms with van der Waals surface area (Å²) in [5, 5.41) is 19.8. The van der Waals surface area contributed by atoms with Crippen LogP contribution in [0.3, 0.4) is 0 Å². The largest absolute Gasteiger partial charge is 0.507 e. The molecule has 0 unspecified atom stereocenters. The Hall–Kier alpha value is -0.770. The van der Waals surface area contributed by atoms with Crippen LogP contribution in [0.1, 0.15) is 10.4 Å². The van der Waals surface area contributed by atoms with Gasteiger partial charge in [0.15, 0.2) is 0 Å². The quantitative estimate of drug-likeness (QED) is 0.732. The van der Waals surface area contributed by atoms with Gasteiger partial charge in [0.25, 0.3) is 0 Å². The van der Waals surface area contributed by atoms with Gasteiger partial charge in [-0.1, -0.05) is 24.3 Å². The second-order valence-electron chi connectivity index (χ2n) is 3.02. The number of carbonyl (C=O) groups is 1. The van der Waals surface area contributed by atoms with Crippen LogP contribution in [0.25, 0.3) is 10.8 Å². The first kappa shape index (κ1) is 12.3. The van der Waals surface area contributed by atoms with E-state index in [2.05, 4.69) is 0 Å². The summed E-state index contributed by atoms with van der Waals surface area (Å²) in [5.41, 5.74) is -0.0660. The summed E-state index contributed by atoms with van der Waals surface area (Å²) >= 11 is 0. The van der Waals surface area contributed by atoms with E-state index in [1.807, 2.05) is 18.2 Å². The van der Waals surface area contributed by atoms with Gasteiger partial charge in [-0.2, -0.15) is 0 Å². The summed E-state index contributed by atoms with van der Waals surface area (Å²) in [6.07, 6.45) is 0. The third-order valence-electron chi connectivity index (χ3n) is 2.09. The molecule has 0 aliphatic rings. The number of carboxylic acid groups (broad SMARTS) is 1. The monoisotopic (exact) mass is 228 g/mol. The van der Waals surface area contributed by atoms with Crippen LogP contribution in [-0.2, 0) is 0 Å². The van der Waals surface area contributed by atoms with Gasteiger partial charge in [0.1, 0.15) is 11.3 Å². The fraction of sp³-hybridized carbons (Fsp3) is 0. The Balaban J connectivity index is 0.00000112. The molecule has 2 aromatic rings. The number of phenols is 1. The molecule has 15 heavy (non-hydrogen) atoms. The molecule has 0 amide bonds. The van der Waals surface area contributed by atoms with Crippen LogP contribution in [-0.4, -0.2) is 53.9 Å². The van der Waals surface area contributed by atoms with E-state index in [4.69, 9.17) is 5.11 Å². The minimum Gasteiger partial charge on any atom is -0.507 e. The van der Waals surface area contributed by atoms with Crippen molar-refractivity contribution >= 4 is 54.5 Å². The second-order valence-corrected chi connectivity index (χ2v) is 3.02. The van der Waals surface area contributed by atoms with Crippen molar-refractivity contribution in [3.05, 3.63) is 42.0 Å². The van der Waals surface area contributed by atoms with Gasteiger partial charge in [0, 0.05) is 37.7 Å². The van der Waals surface area contributed by atoms with Crippen molar-refractivity contribution in [2.24, 2.45) is 0 Å². The molecule has 2 aromatic carbocycles. The maximum atomic E-state index is 10.7. The smallest absolute Gasteiger partial charge is 0.339 e. The van der Waals surface area contributed by atoms with Gasteiger partial charge in [-0.25, -0.2) is 4.79 Å². The summed E-state index contributed by atoms with van der Waals surface area (Å²) in [6, 6.07) is 10.2. The molecule has 0 fully saturated rings. The molecule has 0 aliphatic carbocycles.